The van der Waals surface area contributed by atoms with Crippen LogP contribution < -0.4 is 10.1 Å². The van der Waals surface area contributed by atoms with Gasteiger partial charge in [0.25, 0.3) is 5.91 Å². The van der Waals surface area contributed by atoms with Gasteiger partial charge in [0.15, 0.2) is 5.69 Å². The van der Waals surface area contributed by atoms with Crippen molar-refractivity contribution in [1.82, 2.24) is 10.3 Å². The first-order chi connectivity index (χ1) is 12.5. The zero-order valence-corrected chi connectivity index (χ0v) is 14.9. The molecule has 0 spiro atoms. The number of methoxy groups -OCH3 is 1. The van der Waals surface area contributed by atoms with Gasteiger partial charge in [-0.05, 0) is 42.8 Å². The van der Waals surface area contributed by atoms with Gasteiger partial charge in [-0.1, -0.05) is 23.7 Å². The Bertz CT molecular complexity index is 939. The molecule has 1 heterocycles. The van der Waals surface area contributed by atoms with Gasteiger partial charge in [0.05, 0.1) is 18.7 Å². The van der Waals surface area contributed by atoms with Crippen molar-refractivity contribution in [1.29, 1.82) is 0 Å². The van der Waals surface area contributed by atoms with Crippen LogP contribution in [0, 0.1) is 0 Å². The van der Waals surface area contributed by atoms with Crippen molar-refractivity contribution < 1.29 is 19.1 Å². The molecule has 0 saturated carbocycles. The third-order valence-electron chi connectivity index (χ3n) is 3.85. The Balaban J connectivity index is 1.79. The predicted molar refractivity (Wildman–Crippen MR) is 97.5 cm³/mol. The number of oxazole rings is 1. The van der Waals surface area contributed by atoms with Crippen LogP contribution in [-0.4, -0.2) is 23.1 Å². The van der Waals surface area contributed by atoms with E-state index in [1.165, 1.54) is 13.4 Å². The van der Waals surface area contributed by atoms with Crippen molar-refractivity contribution in [3.63, 3.8) is 0 Å². The summed E-state index contributed by atoms with van der Waals surface area (Å²) in [7, 11) is 1.53. The SMILES string of the molecule is COc1ccc(Cl)cc1-c1nc(C(=O)N[C@H](C)c2cccc(O)c2)co1. The number of amides is 1. The third-order valence-corrected chi connectivity index (χ3v) is 4.08. The minimum atomic E-state index is -0.392. The Morgan fingerprint density at radius 2 is 2.12 bits per heavy atom. The Hall–Kier alpha value is -2.99. The van der Waals surface area contributed by atoms with Crippen LogP contribution in [0.15, 0.2) is 53.1 Å². The molecule has 2 N–H and O–H groups in total. The topological polar surface area (TPSA) is 84.6 Å². The van der Waals surface area contributed by atoms with Crippen LogP contribution in [0.3, 0.4) is 0 Å². The van der Waals surface area contributed by atoms with E-state index in [-0.39, 0.29) is 23.4 Å². The maximum absolute atomic E-state index is 12.4. The Kier molecular flexibility index (Phi) is 5.14. The Morgan fingerprint density at radius 3 is 2.85 bits per heavy atom. The highest BCUT2D eigenvalue weighted by Crippen LogP contribution is 2.32. The van der Waals surface area contributed by atoms with E-state index in [9.17, 15) is 9.90 Å². The maximum atomic E-state index is 12.4. The fourth-order valence-electron chi connectivity index (χ4n) is 2.50. The Labute approximate surface area is 155 Å². The molecule has 0 aliphatic carbocycles. The highest BCUT2D eigenvalue weighted by Gasteiger charge is 2.18. The number of phenolic OH excluding ortho intramolecular Hbond substituents is 1. The molecule has 134 valence electrons. The summed E-state index contributed by atoms with van der Waals surface area (Å²) in [6.07, 6.45) is 1.28. The number of rotatable bonds is 5. The van der Waals surface area contributed by atoms with Gasteiger partial charge < -0.3 is 19.6 Å². The molecule has 0 radical (unpaired) electrons. The standard InChI is InChI=1S/C19H17ClN2O4/c1-11(12-4-3-5-14(23)8-12)21-18(24)16-10-26-19(22-16)15-9-13(20)6-7-17(15)25-2/h3-11,23H,1-2H3,(H,21,24)/t11-/m1/s1. The van der Waals surface area contributed by atoms with Crippen molar-refractivity contribution in [3.8, 4) is 23.0 Å². The predicted octanol–water partition coefficient (Wildman–Crippen LogP) is 4.20. The second-order valence-electron chi connectivity index (χ2n) is 5.67. The molecule has 7 heteroatoms. The second kappa shape index (κ2) is 7.49. The van der Waals surface area contributed by atoms with Gasteiger partial charge in [0, 0.05) is 5.02 Å². The van der Waals surface area contributed by atoms with E-state index in [2.05, 4.69) is 10.3 Å². The fraction of sp³-hybridized carbons (Fsp3) is 0.158. The van der Waals surface area contributed by atoms with Gasteiger partial charge in [-0.25, -0.2) is 4.98 Å². The zero-order valence-electron chi connectivity index (χ0n) is 14.2. The summed E-state index contributed by atoms with van der Waals surface area (Å²) in [5, 5.41) is 12.9. The summed E-state index contributed by atoms with van der Waals surface area (Å²) in [6, 6.07) is 11.4. The highest BCUT2D eigenvalue weighted by atomic mass is 35.5. The van der Waals surface area contributed by atoms with Crippen molar-refractivity contribution in [2.75, 3.05) is 7.11 Å². The molecule has 6 nitrogen and oxygen atoms in total. The molecule has 2 aromatic carbocycles. The lowest BCUT2D eigenvalue weighted by atomic mass is 10.1. The number of nitrogens with zero attached hydrogens (tertiary/aromatic N) is 1. The van der Waals surface area contributed by atoms with E-state index in [1.807, 2.05) is 13.0 Å². The Morgan fingerprint density at radius 1 is 1.31 bits per heavy atom. The van der Waals surface area contributed by atoms with E-state index in [4.69, 9.17) is 20.8 Å². The van der Waals surface area contributed by atoms with Crippen LogP contribution in [0.1, 0.15) is 29.0 Å². The van der Waals surface area contributed by atoms with Gasteiger partial charge in [-0.2, -0.15) is 0 Å². The van der Waals surface area contributed by atoms with E-state index in [0.29, 0.717) is 16.3 Å². The molecule has 3 rings (SSSR count). The number of halogens is 1. The minimum absolute atomic E-state index is 0.133. The molecule has 0 unspecified atom stereocenters. The average Bonchev–Trinajstić information content (AvgIpc) is 3.11. The molecule has 0 aliphatic rings. The van der Waals surface area contributed by atoms with Gasteiger partial charge in [-0.15, -0.1) is 0 Å². The third kappa shape index (κ3) is 3.81. The minimum Gasteiger partial charge on any atom is -0.508 e. The van der Waals surface area contributed by atoms with Crippen LogP contribution in [0.5, 0.6) is 11.5 Å². The quantitative estimate of drug-likeness (QED) is 0.701. The lowest BCUT2D eigenvalue weighted by Crippen LogP contribution is -2.26. The number of hydrogen-bond acceptors (Lipinski definition) is 5. The highest BCUT2D eigenvalue weighted by molar-refractivity contribution is 6.30. The fourth-order valence-corrected chi connectivity index (χ4v) is 2.67. The van der Waals surface area contributed by atoms with Crippen molar-refractivity contribution in [2.24, 2.45) is 0 Å². The molecule has 1 aromatic heterocycles. The molecular weight excluding hydrogens is 356 g/mol. The largest absolute Gasteiger partial charge is 0.508 e. The maximum Gasteiger partial charge on any atom is 0.273 e. The summed E-state index contributed by atoms with van der Waals surface area (Å²) in [4.78, 5) is 16.7. The monoisotopic (exact) mass is 372 g/mol. The van der Waals surface area contributed by atoms with E-state index < -0.39 is 5.91 Å². The number of carbonyl (C=O) groups is 1. The molecule has 0 fully saturated rings. The molecular formula is C19H17ClN2O4. The first-order valence-corrected chi connectivity index (χ1v) is 8.25. The lowest BCUT2D eigenvalue weighted by molar-refractivity contribution is 0.0934. The molecule has 0 bridgehead atoms. The van der Waals surface area contributed by atoms with Crippen molar-refractivity contribution in [2.45, 2.75) is 13.0 Å². The molecule has 26 heavy (non-hydrogen) atoms. The summed E-state index contributed by atoms with van der Waals surface area (Å²) in [5.41, 5.74) is 1.47. The van der Waals surface area contributed by atoms with Gasteiger partial charge in [0.2, 0.25) is 5.89 Å². The molecule has 1 atom stereocenters. The van der Waals surface area contributed by atoms with Crippen LogP contribution in [0.2, 0.25) is 5.02 Å². The van der Waals surface area contributed by atoms with E-state index >= 15 is 0 Å². The molecule has 0 aliphatic heterocycles. The second-order valence-corrected chi connectivity index (χ2v) is 6.11. The van der Waals surface area contributed by atoms with Crippen LogP contribution >= 0.6 is 11.6 Å². The van der Waals surface area contributed by atoms with E-state index in [1.54, 1.807) is 36.4 Å². The van der Waals surface area contributed by atoms with Crippen LogP contribution in [0.4, 0.5) is 0 Å². The lowest BCUT2D eigenvalue weighted by Gasteiger charge is -2.13. The number of aromatic nitrogens is 1. The van der Waals surface area contributed by atoms with Crippen LogP contribution in [0.25, 0.3) is 11.5 Å². The summed E-state index contributed by atoms with van der Waals surface area (Å²) >= 11 is 6.02. The number of aromatic hydroxyl groups is 1. The normalized spacial score (nSPS) is 11.8. The van der Waals surface area contributed by atoms with Crippen molar-refractivity contribution in [3.05, 3.63) is 65.0 Å². The molecule has 0 saturated heterocycles. The zero-order chi connectivity index (χ0) is 18.7. The first kappa shape index (κ1) is 17.8. The number of phenols is 1. The molecule has 3 aromatic rings. The van der Waals surface area contributed by atoms with E-state index in [0.717, 1.165) is 5.56 Å². The first-order valence-electron chi connectivity index (χ1n) is 7.87. The number of nitrogens with one attached hydrogen (secondary N) is 1. The number of carbonyl (C=O) groups excluding carboxylic acids is 1. The molecule has 1 amide bonds. The number of ether oxygens (including phenoxy) is 1. The summed E-state index contributed by atoms with van der Waals surface area (Å²) in [6.45, 7) is 1.81. The van der Waals surface area contributed by atoms with Crippen molar-refractivity contribution >= 4 is 17.5 Å². The van der Waals surface area contributed by atoms with Gasteiger partial charge in [0.1, 0.15) is 17.8 Å². The van der Waals surface area contributed by atoms with Gasteiger partial charge >= 0.3 is 0 Å². The summed E-state index contributed by atoms with van der Waals surface area (Å²) < 4.78 is 10.7. The number of benzene rings is 2. The average molecular weight is 373 g/mol. The number of hydrogen-bond donors (Lipinski definition) is 2. The van der Waals surface area contributed by atoms with Gasteiger partial charge in [-0.3, -0.25) is 4.79 Å². The summed E-state index contributed by atoms with van der Waals surface area (Å²) in [5.74, 6) is 0.521. The smallest absolute Gasteiger partial charge is 0.273 e. The van der Waals surface area contributed by atoms with Crippen LogP contribution in [-0.2, 0) is 0 Å².